The number of aryl methyl sites for hydroxylation is 2. The summed E-state index contributed by atoms with van der Waals surface area (Å²) in [4.78, 5) is 4.19. The van der Waals surface area contributed by atoms with Crippen LogP contribution in [0, 0.1) is 13.8 Å². The minimum Gasteiger partial charge on any atom is -0.302 e. The van der Waals surface area contributed by atoms with Gasteiger partial charge in [-0.1, -0.05) is 6.07 Å². The number of pyridine rings is 1. The molecule has 0 atom stereocenters. The van der Waals surface area contributed by atoms with Crippen molar-refractivity contribution in [3.8, 4) is 0 Å². The molecule has 0 aliphatic heterocycles. The van der Waals surface area contributed by atoms with E-state index in [1.807, 2.05) is 25.3 Å². The zero-order chi connectivity index (χ0) is 13.5. The highest BCUT2D eigenvalue weighted by Gasteiger charge is 2.23. The Hall–Kier alpha value is -1.40. The third kappa shape index (κ3) is 2.13. The van der Waals surface area contributed by atoms with Gasteiger partial charge in [-0.2, -0.15) is 0 Å². The molecule has 0 bridgehead atoms. The Bertz CT molecular complexity index is 687. The molecule has 5 nitrogen and oxygen atoms in total. The van der Waals surface area contributed by atoms with Crippen molar-refractivity contribution in [2.75, 3.05) is 0 Å². The monoisotopic (exact) mass is 267 g/mol. The van der Waals surface area contributed by atoms with E-state index in [1.165, 1.54) is 0 Å². The molecule has 1 N–H and O–H groups in total. The lowest BCUT2D eigenvalue weighted by Gasteiger charge is -2.08. The number of aromatic nitrogens is 2. The first kappa shape index (κ1) is 13.0. The van der Waals surface area contributed by atoms with Gasteiger partial charge >= 0.3 is 0 Å². The molecule has 0 unspecified atom stereocenters. The van der Waals surface area contributed by atoms with E-state index in [9.17, 15) is 8.42 Å². The van der Waals surface area contributed by atoms with Crippen LogP contribution in [0.15, 0.2) is 23.4 Å². The third-order valence-electron chi connectivity index (χ3n) is 2.66. The Morgan fingerprint density at radius 1 is 1.33 bits per heavy atom. The highest BCUT2D eigenvalue weighted by molar-refractivity contribution is 7.89. The van der Waals surface area contributed by atoms with Gasteiger partial charge in [0.1, 0.15) is 5.82 Å². The van der Waals surface area contributed by atoms with Crippen LogP contribution in [0.2, 0.25) is 0 Å². The largest absolute Gasteiger partial charge is 0.302 e. The van der Waals surface area contributed by atoms with E-state index >= 15 is 0 Å². The average Bonchev–Trinajstić information content (AvgIpc) is 2.57. The normalized spacial score (nSPS) is 12.5. The second kappa shape index (κ2) is 4.37. The van der Waals surface area contributed by atoms with Crippen molar-refractivity contribution in [1.82, 2.24) is 14.1 Å². The average molecular weight is 267 g/mol. The minimum atomic E-state index is -3.57. The molecule has 0 amide bonds. The molecule has 2 aromatic heterocycles. The first-order valence-corrected chi connectivity index (χ1v) is 7.28. The van der Waals surface area contributed by atoms with Crippen molar-refractivity contribution >= 4 is 15.5 Å². The summed E-state index contributed by atoms with van der Waals surface area (Å²) in [5, 5.41) is 0.104. The van der Waals surface area contributed by atoms with Crippen molar-refractivity contribution in [2.45, 2.75) is 38.8 Å². The topological polar surface area (TPSA) is 63.5 Å². The van der Waals surface area contributed by atoms with Crippen LogP contribution in [-0.4, -0.2) is 23.8 Å². The van der Waals surface area contributed by atoms with E-state index < -0.39 is 10.0 Å². The zero-order valence-electron chi connectivity index (χ0n) is 10.9. The summed E-state index contributed by atoms with van der Waals surface area (Å²) in [6.45, 7) is 7.25. The molecule has 0 aromatic carbocycles. The Balaban J connectivity index is 2.73. The van der Waals surface area contributed by atoms with Crippen molar-refractivity contribution in [3.63, 3.8) is 0 Å². The Morgan fingerprint density at radius 2 is 2.00 bits per heavy atom. The summed E-state index contributed by atoms with van der Waals surface area (Å²) in [5.74, 6) is 0.665. The van der Waals surface area contributed by atoms with Crippen LogP contribution in [0.3, 0.4) is 0 Å². The second-order valence-electron chi connectivity index (χ2n) is 4.65. The third-order valence-corrected chi connectivity index (χ3v) is 4.23. The first-order chi connectivity index (χ1) is 8.33. The summed E-state index contributed by atoms with van der Waals surface area (Å²) in [6, 6.07) is 3.60. The van der Waals surface area contributed by atoms with Gasteiger partial charge in [-0.25, -0.2) is 18.1 Å². The Morgan fingerprint density at radius 3 is 2.61 bits per heavy atom. The molecule has 2 aromatic rings. The molecular formula is C12H17N3O2S. The lowest BCUT2D eigenvalue weighted by atomic mass is 10.3. The zero-order valence-corrected chi connectivity index (χ0v) is 11.7. The Kier molecular flexibility index (Phi) is 3.16. The molecule has 0 saturated carbocycles. The van der Waals surface area contributed by atoms with Gasteiger partial charge in [0, 0.05) is 12.2 Å². The van der Waals surface area contributed by atoms with E-state index in [0.29, 0.717) is 11.3 Å². The first-order valence-electron chi connectivity index (χ1n) is 5.79. The standard InChI is InChI=1S/C12H17N3O2S/c1-8(2)14-18(16,17)12-11-9(3)6-5-7-15(11)10(4)13-12/h5-8,14H,1-4H3. The van der Waals surface area contributed by atoms with Gasteiger partial charge in [0.15, 0.2) is 5.03 Å². The van der Waals surface area contributed by atoms with E-state index in [-0.39, 0.29) is 11.1 Å². The highest BCUT2D eigenvalue weighted by Crippen LogP contribution is 2.21. The lowest BCUT2D eigenvalue weighted by molar-refractivity contribution is 0.567. The number of hydrogen-bond acceptors (Lipinski definition) is 3. The van der Waals surface area contributed by atoms with Gasteiger partial charge in [-0.3, -0.25) is 0 Å². The second-order valence-corrected chi connectivity index (χ2v) is 6.28. The predicted octanol–water partition coefficient (Wildman–Crippen LogP) is 1.64. The van der Waals surface area contributed by atoms with Crippen LogP contribution in [0.5, 0.6) is 0 Å². The molecular weight excluding hydrogens is 250 g/mol. The summed E-state index contributed by atoms with van der Waals surface area (Å²) in [6.07, 6.45) is 1.82. The SMILES string of the molecule is Cc1cccn2c(C)nc(S(=O)(=O)NC(C)C)c12. The fourth-order valence-electron chi connectivity index (χ4n) is 1.97. The summed E-state index contributed by atoms with van der Waals surface area (Å²) in [5.41, 5.74) is 1.53. The van der Waals surface area contributed by atoms with E-state index in [0.717, 1.165) is 5.56 Å². The van der Waals surface area contributed by atoms with Crippen LogP contribution < -0.4 is 4.72 Å². The molecule has 0 saturated heterocycles. The number of fused-ring (bicyclic) bond motifs is 1. The van der Waals surface area contributed by atoms with E-state index in [4.69, 9.17) is 0 Å². The van der Waals surface area contributed by atoms with Gasteiger partial charge < -0.3 is 4.40 Å². The number of rotatable bonds is 3. The van der Waals surface area contributed by atoms with Crippen LogP contribution in [0.25, 0.3) is 5.52 Å². The number of nitrogens with zero attached hydrogens (tertiary/aromatic N) is 2. The van der Waals surface area contributed by atoms with Crippen molar-refractivity contribution < 1.29 is 8.42 Å². The summed E-state index contributed by atoms with van der Waals surface area (Å²) >= 11 is 0. The maximum Gasteiger partial charge on any atom is 0.260 e. The number of nitrogens with one attached hydrogen (secondary N) is 1. The number of hydrogen-bond donors (Lipinski definition) is 1. The molecule has 2 heterocycles. The number of sulfonamides is 1. The summed E-state index contributed by atoms with van der Waals surface area (Å²) < 4.78 is 28.8. The molecule has 6 heteroatoms. The summed E-state index contributed by atoms with van der Waals surface area (Å²) in [7, 11) is -3.57. The number of imidazole rings is 1. The predicted molar refractivity (Wildman–Crippen MR) is 70.1 cm³/mol. The molecule has 0 fully saturated rings. The molecule has 18 heavy (non-hydrogen) atoms. The van der Waals surface area contributed by atoms with Gasteiger partial charge in [0.25, 0.3) is 10.0 Å². The van der Waals surface area contributed by atoms with Crippen molar-refractivity contribution in [2.24, 2.45) is 0 Å². The fraction of sp³-hybridized carbons (Fsp3) is 0.417. The quantitative estimate of drug-likeness (QED) is 0.919. The van der Waals surface area contributed by atoms with Gasteiger partial charge in [-0.05, 0) is 39.3 Å². The molecule has 0 spiro atoms. The van der Waals surface area contributed by atoms with E-state index in [1.54, 1.807) is 25.2 Å². The van der Waals surface area contributed by atoms with Crippen LogP contribution >= 0.6 is 0 Å². The maximum absolute atomic E-state index is 12.2. The van der Waals surface area contributed by atoms with Crippen molar-refractivity contribution in [1.29, 1.82) is 0 Å². The van der Waals surface area contributed by atoms with E-state index in [2.05, 4.69) is 9.71 Å². The molecule has 0 radical (unpaired) electrons. The maximum atomic E-state index is 12.2. The smallest absolute Gasteiger partial charge is 0.260 e. The minimum absolute atomic E-state index is 0.104. The molecule has 0 aliphatic carbocycles. The van der Waals surface area contributed by atoms with Gasteiger partial charge in [-0.15, -0.1) is 0 Å². The lowest BCUT2D eigenvalue weighted by Crippen LogP contribution is -2.30. The van der Waals surface area contributed by atoms with Gasteiger partial charge in [0.05, 0.1) is 5.52 Å². The molecule has 0 aliphatic rings. The van der Waals surface area contributed by atoms with Gasteiger partial charge in [0.2, 0.25) is 0 Å². The van der Waals surface area contributed by atoms with Crippen LogP contribution in [-0.2, 0) is 10.0 Å². The van der Waals surface area contributed by atoms with Crippen LogP contribution in [0.4, 0.5) is 0 Å². The molecule has 2 rings (SSSR count). The van der Waals surface area contributed by atoms with Crippen molar-refractivity contribution in [3.05, 3.63) is 29.7 Å². The fourth-order valence-corrected chi connectivity index (χ4v) is 3.46. The molecule has 98 valence electrons. The van der Waals surface area contributed by atoms with Crippen LogP contribution in [0.1, 0.15) is 25.2 Å². The highest BCUT2D eigenvalue weighted by atomic mass is 32.2. The Labute approximate surface area is 107 Å².